The van der Waals surface area contributed by atoms with Gasteiger partial charge in [0.15, 0.2) is 0 Å². The van der Waals surface area contributed by atoms with Gasteiger partial charge < -0.3 is 20.3 Å². The molecule has 2 fully saturated rings. The third kappa shape index (κ3) is 4.33. The molecule has 0 aromatic heterocycles. The van der Waals surface area contributed by atoms with E-state index < -0.39 is 0 Å². The minimum Gasteiger partial charge on any atom is -0.490 e. The van der Waals surface area contributed by atoms with Crippen LogP contribution in [-0.4, -0.2) is 50.1 Å². The second kappa shape index (κ2) is 8.19. The van der Waals surface area contributed by atoms with E-state index in [1.165, 1.54) is 0 Å². The molecule has 1 aliphatic carbocycles. The van der Waals surface area contributed by atoms with Crippen LogP contribution in [0.15, 0.2) is 24.3 Å². The smallest absolute Gasteiger partial charge is 0.228 e. The van der Waals surface area contributed by atoms with Crippen LogP contribution in [-0.2, 0) is 4.79 Å². The first-order chi connectivity index (χ1) is 12.2. The molecular weight excluding hydrogens is 314 g/mol. The summed E-state index contributed by atoms with van der Waals surface area (Å²) in [6.07, 6.45) is 3.27. The molecule has 5 nitrogen and oxygen atoms in total. The van der Waals surface area contributed by atoms with E-state index in [-0.39, 0.29) is 17.2 Å². The first kappa shape index (κ1) is 18.2. The molecule has 2 aliphatic rings. The van der Waals surface area contributed by atoms with Crippen molar-refractivity contribution in [2.24, 2.45) is 11.3 Å². The van der Waals surface area contributed by atoms with Gasteiger partial charge in [-0.25, -0.2) is 0 Å². The zero-order chi connectivity index (χ0) is 17.7. The van der Waals surface area contributed by atoms with Crippen LogP contribution in [0.5, 0.6) is 5.75 Å². The number of carbonyl (C=O) groups excluding carboxylic acids is 1. The van der Waals surface area contributed by atoms with Crippen molar-refractivity contribution in [3.8, 4) is 5.75 Å². The van der Waals surface area contributed by atoms with Crippen molar-refractivity contribution in [3.63, 3.8) is 0 Å². The standard InChI is InChI=1S/C20H31N3O2/c1-3-23(4-2)13-14-25-18-8-6-5-7-17(18)22-19(24)16-15-20(16)9-11-21-12-10-20/h5-8,16,21H,3-4,9-15H2,1-2H3,(H,22,24). The lowest BCUT2D eigenvalue weighted by molar-refractivity contribution is -0.118. The monoisotopic (exact) mass is 345 g/mol. The van der Waals surface area contributed by atoms with Gasteiger partial charge >= 0.3 is 0 Å². The number of para-hydroxylation sites is 2. The van der Waals surface area contributed by atoms with Gasteiger partial charge in [-0.05, 0) is 63.0 Å². The molecule has 138 valence electrons. The number of hydrogen-bond acceptors (Lipinski definition) is 4. The Hall–Kier alpha value is -1.59. The Morgan fingerprint density at radius 1 is 1.28 bits per heavy atom. The number of rotatable bonds is 8. The summed E-state index contributed by atoms with van der Waals surface area (Å²) in [6, 6.07) is 7.76. The Bertz CT molecular complexity index is 580. The van der Waals surface area contributed by atoms with Crippen LogP contribution >= 0.6 is 0 Å². The highest BCUT2D eigenvalue weighted by atomic mass is 16.5. The average Bonchev–Trinajstić information content (AvgIpc) is 3.33. The summed E-state index contributed by atoms with van der Waals surface area (Å²) in [7, 11) is 0. The molecule has 1 aromatic rings. The van der Waals surface area contributed by atoms with E-state index in [2.05, 4.69) is 29.4 Å². The fraction of sp³-hybridized carbons (Fsp3) is 0.650. The third-order valence-electron chi connectivity index (χ3n) is 5.81. The maximum absolute atomic E-state index is 12.7. The summed E-state index contributed by atoms with van der Waals surface area (Å²) in [5, 5.41) is 6.50. The number of nitrogens with one attached hydrogen (secondary N) is 2. The van der Waals surface area contributed by atoms with Crippen molar-refractivity contribution in [2.75, 3.05) is 44.6 Å². The number of ether oxygens (including phenoxy) is 1. The Morgan fingerprint density at radius 2 is 2.00 bits per heavy atom. The van der Waals surface area contributed by atoms with Crippen molar-refractivity contribution in [2.45, 2.75) is 33.1 Å². The molecule has 0 radical (unpaired) electrons. The van der Waals surface area contributed by atoms with Crippen LogP contribution < -0.4 is 15.4 Å². The molecule has 25 heavy (non-hydrogen) atoms. The van der Waals surface area contributed by atoms with Crippen molar-refractivity contribution in [3.05, 3.63) is 24.3 Å². The highest BCUT2D eigenvalue weighted by Crippen LogP contribution is 2.58. The lowest BCUT2D eigenvalue weighted by Gasteiger charge is -2.23. The Kier molecular flexibility index (Phi) is 5.97. The van der Waals surface area contributed by atoms with Crippen molar-refractivity contribution >= 4 is 11.6 Å². The predicted molar refractivity (Wildman–Crippen MR) is 101 cm³/mol. The summed E-state index contributed by atoms with van der Waals surface area (Å²) in [4.78, 5) is 15.0. The summed E-state index contributed by atoms with van der Waals surface area (Å²) < 4.78 is 5.94. The van der Waals surface area contributed by atoms with E-state index in [4.69, 9.17) is 4.74 Å². The fourth-order valence-electron chi connectivity index (χ4n) is 3.94. The summed E-state index contributed by atoms with van der Waals surface area (Å²) in [5.41, 5.74) is 1.05. The summed E-state index contributed by atoms with van der Waals surface area (Å²) >= 11 is 0. The Balaban J connectivity index is 1.55. The van der Waals surface area contributed by atoms with Gasteiger partial charge in [0, 0.05) is 12.5 Å². The van der Waals surface area contributed by atoms with E-state index in [0.717, 1.165) is 63.4 Å². The zero-order valence-electron chi connectivity index (χ0n) is 15.5. The molecule has 1 saturated heterocycles. The normalized spacial score (nSPS) is 21.3. The quantitative estimate of drug-likeness (QED) is 0.761. The first-order valence-corrected chi connectivity index (χ1v) is 9.64. The number of anilines is 1. The number of carbonyl (C=O) groups is 1. The van der Waals surface area contributed by atoms with E-state index in [9.17, 15) is 4.79 Å². The SMILES string of the molecule is CCN(CC)CCOc1ccccc1NC(=O)C1CC12CCNCC2. The van der Waals surface area contributed by atoms with Crippen LogP contribution in [0.25, 0.3) is 0 Å². The Morgan fingerprint density at radius 3 is 2.72 bits per heavy atom. The average molecular weight is 345 g/mol. The fourth-order valence-corrected chi connectivity index (χ4v) is 3.94. The molecule has 1 heterocycles. The molecule has 1 amide bonds. The van der Waals surface area contributed by atoms with Crippen LogP contribution in [0.2, 0.25) is 0 Å². The van der Waals surface area contributed by atoms with Crippen LogP contribution in [0.4, 0.5) is 5.69 Å². The minimum atomic E-state index is 0.154. The van der Waals surface area contributed by atoms with Gasteiger partial charge in [0.05, 0.1) is 5.69 Å². The van der Waals surface area contributed by atoms with Gasteiger partial charge in [0.2, 0.25) is 5.91 Å². The summed E-state index contributed by atoms with van der Waals surface area (Å²) in [6.45, 7) is 9.97. The van der Waals surface area contributed by atoms with Crippen molar-refractivity contribution in [1.82, 2.24) is 10.2 Å². The predicted octanol–water partition coefficient (Wildman–Crippen LogP) is 2.74. The molecule has 0 bridgehead atoms. The van der Waals surface area contributed by atoms with Gasteiger partial charge in [-0.3, -0.25) is 4.79 Å². The zero-order valence-corrected chi connectivity index (χ0v) is 15.5. The Labute approximate surface area is 151 Å². The lowest BCUT2D eigenvalue weighted by atomic mass is 9.92. The van der Waals surface area contributed by atoms with Crippen LogP contribution in [0.1, 0.15) is 33.1 Å². The molecular formula is C20H31N3O2. The first-order valence-electron chi connectivity index (χ1n) is 9.64. The molecule has 1 spiro atoms. The summed E-state index contributed by atoms with van der Waals surface area (Å²) in [5.74, 6) is 1.09. The van der Waals surface area contributed by atoms with Crippen molar-refractivity contribution < 1.29 is 9.53 Å². The molecule has 1 saturated carbocycles. The topological polar surface area (TPSA) is 53.6 Å². The number of hydrogen-bond donors (Lipinski definition) is 2. The minimum absolute atomic E-state index is 0.154. The second-order valence-corrected chi connectivity index (χ2v) is 7.23. The van der Waals surface area contributed by atoms with E-state index in [0.29, 0.717) is 6.61 Å². The van der Waals surface area contributed by atoms with E-state index in [1.807, 2.05) is 24.3 Å². The maximum Gasteiger partial charge on any atom is 0.228 e. The number of likely N-dealkylation sites (N-methyl/N-ethyl adjacent to an activating group) is 1. The molecule has 1 aromatic carbocycles. The number of nitrogens with zero attached hydrogens (tertiary/aromatic N) is 1. The molecule has 3 rings (SSSR count). The van der Waals surface area contributed by atoms with Gasteiger partial charge in [-0.15, -0.1) is 0 Å². The van der Waals surface area contributed by atoms with Crippen molar-refractivity contribution in [1.29, 1.82) is 0 Å². The highest BCUT2D eigenvalue weighted by molar-refractivity contribution is 5.96. The number of amides is 1. The lowest BCUT2D eigenvalue weighted by Crippen LogP contribution is -2.31. The van der Waals surface area contributed by atoms with E-state index in [1.54, 1.807) is 0 Å². The highest BCUT2D eigenvalue weighted by Gasteiger charge is 2.57. The third-order valence-corrected chi connectivity index (χ3v) is 5.81. The van der Waals surface area contributed by atoms with Gasteiger partial charge in [0.25, 0.3) is 0 Å². The van der Waals surface area contributed by atoms with Gasteiger partial charge in [0.1, 0.15) is 12.4 Å². The van der Waals surface area contributed by atoms with Gasteiger partial charge in [-0.2, -0.15) is 0 Å². The number of benzene rings is 1. The van der Waals surface area contributed by atoms with Crippen LogP contribution in [0, 0.1) is 11.3 Å². The molecule has 2 N–H and O–H groups in total. The second-order valence-electron chi connectivity index (χ2n) is 7.23. The number of piperidine rings is 1. The maximum atomic E-state index is 12.7. The molecule has 1 atom stereocenters. The molecule has 5 heteroatoms. The van der Waals surface area contributed by atoms with Crippen LogP contribution in [0.3, 0.4) is 0 Å². The molecule has 1 unspecified atom stereocenters. The molecule has 1 aliphatic heterocycles. The van der Waals surface area contributed by atoms with E-state index >= 15 is 0 Å². The van der Waals surface area contributed by atoms with Gasteiger partial charge in [-0.1, -0.05) is 26.0 Å². The largest absolute Gasteiger partial charge is 0.490 e.